The number of nitrogens with zero attached hydrogens (tertiary/aromatic N) is 1. The van der Waals surface area contributed by atoms with Crippen molar-refractivity contribution in [3.8, 4) is 0 Å². The molecule has 1 heterocycles. The molecule has 2 aromatic rings. The van der Waals surface area contributed by atoms with Gasteiger partial charge in [-0.2, -0.15) is 13.2 Å². The van der Waals surface area contributed by atoms with Gasteiger partial charge in [0.1, 0.15) is 5.82 Å². The van der Waals surface area contributed by atoms with Crippen LogP contribution in [0, 0.1) is 5.82 Å². The Hall–Kier alpha value is -2.69. The normalized spacial score (nSPS) is 13.6. The topological polar surface area (TPSA) is 80.3 Å². The van der Waals surface area contributed by atoms with Gasteiger partial charge in [0.2, 0.25) is 0 Å². The third-order valence-corrected chi connectivity index (χ3v) is 3.74. The van der Waals surface area contributed by atoms with Crippen LogP contribution in [0.3, 0.4) is 0 Å². The number of rotatable bonds is 5. The van der Waals surface area contributed by atoms with E-state index in [1.54, 1.807) is 5.32 Å². The van der Waals surface area contributed by atoms with Crippen LogP contribution in [-0.4, -0.2) is 35.8 Å². The smallest absolute Gasteiger partial charge is 0.442 e. The number of esters is 1. The van der Waals surface area contributed by atoms with E-state index in [0.29, 0.717) is 0 Å². The molecule has 1 aromatic carbocycles. The van der Waals surface area contributed by atoms with Crippen molar-refractivity contribution in [3.05, 3.63) is 47.2 Å². The molecule has 25 heavy (non-hydrogen) atoms. The minimum Gasteiger partial charge on any atom is -0.466 e. The van der Waals surface area contributed by atoms with Gasteiger partial charge < -0.3 is 15.4 Å². The largest absolute Gasteiger partial charge is 0.466 e. The summed E-state index contributed by atoms with van der Waals surface area (Å²) in [5.74, 6) is -3.72. The molecule has 1 amide bonds. The molecule has 0 bridgehead atoms. The molecule has 2 rings (SSSR count). The van der Waals surface area contributed by atoms with E-state index in [2.05, 4.69) is 9.72 Å². The van der Waals surface area contributed by atoms with Crippen LogP contribution in [0.15, 0.2) is 35.8 Å². The highest BCUT2D eigenvalue weighted by Crippen LogP contribution is 2.33. The molecule has 6 nitrogen and oxygen atoms in total. The zero-order valence-corrected chi connectivity index (χ0v) is 13.4. The maximum absolute atomic E-state index is 13.7. The van der Waals surface area contributed by atoms with Crippen LogP contribution in [0.5, 0.6) is 0 Å². The van der Waals surface area contributed by atoms with Gasteiger partial charge in [0.05, 0.1) is 7.11 Å². The molecule has 0 saturated carbocycles. The first kappa shape index (κ1) is 18.6. The fourth-order valence-corrected chi connectivity index (χ4v) is 2.42. The summed E-state index contributed by atoms with van der Waals surface area (Å²) in [5.41, 5.74) is -3.84. The average molecular weight is 377 g/mol. The number of thiazole rings is 1. The number of hydrogen-bond donors (Lipinski definition) is 2. The predicted octanol–water partition coefficient (Wildman–Crippen LogP) is 2.56. The number of ether oxygens (including phenoxy) is 1. The Morgan fingerprint density at radius 1 is 1.20 bits per heavy atom. The van der Waals surface area contributed by atoms with Crippen molar-refractivity contribution in [2.24, 2.45) is 0 Å². The fraction of sp³-hybridized carbons (Fsp3) is 0.214. The summed E-state index contributed by atoms with van der Waals surface area (Å²) in [6.07, 6.45) is -4.05. The number of anilines is 1. The third kappa shape index (κ3) is 3.87. The average Bonchev–Trinajstić information content (AvgIpc) is 3.05. The van der Waals surface area contributed by atoms with Gasteiger partial charge >= 0.3 is 17.8 Å². The Balaban J connectivity index is 2.43. The molecule has 1 atom stereocenters. The van der Waals surface area contributed by atoms with Crippen LogP contribution in [0.1, 0.15) is 10.4 Å². The molecule has 11 heteroatoms. The number of amides is 1. The van der Waals surface area contributed by atoms with E-state index in [4.69, 9.17) is 0 Å². The SMILES string of the molecule is COC(=O)C(NC(=O)c1ccc(F)cc1)(Nc1nccs1)C(F)(F)F. The number of carbonyl (C=O) groups is 2. The molecular weight excluding hydrogens is 366 g/mol. The molecule has 1 unspecified atom stereocenters. The van der Waals surface area contributed by atoms with Gasteiger partial charge in [-0.3, -0.25) is 4.79 Å². The van der Waals surface area contributed by atoms with E-state index < -0.39 is 29.5 Å². The van der Waals surface area contributed by atoms with E-state index in [1.807, 2.05) is 5.32 Å². The first-order valence-electron chi connectivity index (χ1n) is 6.60. The summed E-state index contributed by atoms with van der Waals surface area (Å²) in [5, 5.41) is 4.58. The molecule has 0 fully saturated rings. The fourth-order valence-electron chi connectivity index (χ4n) is 1.83. The van der Waals surface area contributed by atoms with Gasteiger partial charge in [-0.25, -0.2) is 14.2 Å². The third-order valence-electron chi connectivity index (χ3n) is 3.05. The summed E-state index contributed by atoms with van der Waals surface area (Å²) >= 11 is 0.788. The number of carbonyl (C=O) groups excluding carboxylic acids is 2. The molecule has 0 radical (unpaired) electrons. The number of nitrogens with one attached hydrogen (secondary N) is 2. The van der Waals surface area contributed by atoms with Crippen LogP contribution < -0.4 is 10.6 Å². The highest BCUT2D eigenvalue weighted by atomic mass is 32.1. The summed E-state index contributed by atoms with van der Waals surface area (Å²) in [6, 6.07) is 3.76. The quantitative estimate of drug-likeness (QED) is 0.476. The molecule has 0 spiro atoms. The molecule has 0 aliphatic carbocycles. The minimum atomic E-state index is -5.26. The number of alkyl halides is 3. The summed E-state index contributed by atoms with van der Waals surface area (Å²) < 4.78 is 58.2. The van der Waals surface area contributed by atoms with Crippen molar-refractivity contribution in [2.75, 3.05) is 12.4 Å². The standard InChI is InChI=1S/C14H11F4N3O3S/c1-24-11(23)13(14(16,17)18,21-12-19-6-7-25-12)20-10(22)8-2-4-9(15)5-3-8/h2-7H,1H3,(H,19,21)(H,20,22). The second-order valence-corrected chi connectivity index (χ2v) is 5.56. The lowest BCUT2D eigenvalue weighted by Crippen LogP contribution is -2.69. The van der Waals surface area contributed by atoms with Crippen LogP contribution in [0.25, 0.3) is 0 Å². The van der Waals surface area contributed by atoms with E-state index in [9.17, 15) is 27.2 Å². The second-order valence-electron chi connectivity index (χ2n) is 4.66. The van der Waals surface area contributed by atoms with Gasteiger partial charge in [0.25, 0.3) is 5.91 Å². The van der Waals surface area contributed by atoms with Crippen LogP contribution in [0.2, 0.25) is 0 Å². The maximum atomic E-state index is 13.7. The molecule has 0 aliphatic rings. The van der Waals surface area contributed by atoms with E-state index in [0.717, 1.165) is 42.7 Å². The van der Waals surface area contributed by atoms with Gasteiger partial charge in [0, 0.05) is 17.1 Å². The Labute approximate surface area is 142 Å². The zero-order chi connectivity index (χ0) is 18.7. The van der Waals surface area contributed by atoms with Crippen LogP contribution in [-0.2, 0) is 9.53 Å². The summed E-state index contributed by atoms with van der Waals surface area (Å²) in [7, 11) is 0.746. The first-order valence-corrected chi connectivity index (χ1v) is 7.48. The van der Waals surface area contributed by atoms with E-state index in [-0.39, 0.29) is 10.7 Å². The monoisotopic (exact) mass is 377 g/mol. The van der Waals surface area contributed by atoms with E-state index >= 15 is 0 Å². The second kappa shape index (κ2) is 7.05. The number of halogens is 4. The van der Waals surface area contributed by atoms with Crippen LogP contribution >= 0.6 is 11.3 Å². The Morgan fingerprint density at radius 3 is 2.32 bits per heavy atom. The molecule has 0 aliphatic heterocycles. The number of benzene rings is 1. The first-order chi connectivity index (χ1) is 11.7. The van der Waals surface area contributed by atoms with Crippen molar-refractivity contribution >= 4 is 28.3 Å². The molecule has 134 valence electrons. The maximum Gasteiger partial charge on any atom is 0.442 e. The van der Waals surface area contributed by atoms with Gasteiger partial charge in [-0.1, -0.05) is 0 Å². The number of aromatic nitrogens is 1. The summed E-state index contributed by atoms with van der Waals surface area (Å²) in [4.78, 5) is 27.7. The lowest BCUT2D eigenvalue weighted by molar-refractivity contribution is -0.203. The van der Waals surface area contributed by atoms with E-state index in [1.165, 1.54) is 11.6 Å². The molecule has 1 aromatic heterocycles. The molecular formula is C14H11F4N3O3S. The van der Waals surface area contributed by atoms with Crippen molar-refractivity contribution in [1.82, 2.24) is 10.3 Å². The number of methoxy groups -OCH3 is 1. The summed E-state index contributed by atoms with van der Waals surface area (Å²) in [6.45, 7) is 0. The Kier molecular flexibility index (Phi) is 5.26. The highest BCUT2D eigenvalue weighted by Gasteiger charge is 2.64. The minimum absolute atomic E-state index is 0.262. The van der Waals surface area contributed by atoms with Crippen molar-refractivity contribution in [2.45, 2.75) is 11.8 Å². The number of hydrogen-bond acceptors (Lipinski definition) is 6. The lowest BCUT2D eigenvalue weighted by atomic mass is 10.1. The van der Waals surface area contributed by atoms with Crippen molar-refractivity contribution < 1.29 is 31.9 Å². The lowest BCUT2D eigenvalue weighted by Gasteiger charge is -2.34. The van der Waals surface area contributed by atoms with Gasteiger partial charge in [-0.05, 0) is 24.3 Å². The van der Waals surface area contributed by atoms with Gasteiger partial charge in [0.15, 0.2) is 5.13 Å². The predicted molar refractivity (Wildman–Crippen MR) is 80.4 cm³/mol. The van der Waals surface area contributed by atoms with Crippen LogP contribution in [0.4, 0.5) is 22.7 Å². The van der Waals surface area contributed by atoms with Gasteiger partial charge in [-0.15, -0.1) is 11.3 Å². The van der Waals surface area contributed by atoms with Crippen molar-refractivity contribution in [1.29, 1.82) is 0 Å². The Bertz CT molecular complexity index is 750. The van der Waals surface area contributed by atoms with Crippen molar-refractivity contribution in [3.63, 3.8) is 0 Å². The Morgan fingerprint density at radius 2 is 1.84 bits per heavy atom. The molecule has 0 saturated heterocycles. The zero-order valence-electron chi connectivity index (χ0n) is 12.6. The molecule has 2 N–H and O–H groups in total. The highest BCUT2D eigenvalue weighted by molar-refractivity contribution is 7.13.